The van der Waals surface area contributed by atoms with Crippen LogP contribution in [0.2, 0.25) is 5.02 Å². The first kappa shape index (κ1) is 16.0. The number of nitrogens with zero attached hydrogens (tertiary/aromatic N) is 1. The van der Waals surface area contributed by atoms with Gasteiger partial charge in [0.1, 0.15) is 0 Å². The molecular formula is C15H23ClN2O. The van der Waals surface area contributed by atoms with Gasteiger partial charge in [-0.15, -0.1) is 0 Å². The van der Waals surface area contributed by atoms with E-state index in [1.165, 1.54) is 0 Å². The van der Waals surface area contributed by atoms with Crippen LogP contribution in [-0.2, 0) is 4.79 Å². The van der Waals surface area contributed by atoms with Crippen molar-refractivity contribution in [1.29, 1.82) is 0 Å². The quantitative estimate of drug-likeness (QED) is 0.901. The van der Waals surface area contributed by atoms with E-state index in [9.17, 15) is 4.79 Å². The van der Waals surface area contributed by atoms with E-state index in [4.69, 9.17) is 17.3 Å². The van der Waals surface area contributed by atoms with E-state index in [2.05, 4.69) is 13.8 Å². The summed E-state index contributed by atoms with van der Waals surface area (Å²) in [6.07, 6.45) is 0.705. The number of carbonyl (C=O) groups is 1. The molecule has 0 saturated heterocycles. The van der Waals surface area contributed by atoms with E-state index in [0.717, 1.165) is 5.56 Å². The number of nitrogens with two attached hydrogens (primary N) is 1. The summed E-state index contributed by atoms with van der Waals surface area (Å²) in [5, 5.41) is 0.696. The minimum atomic E-state index is -0.431. The Morgan fingerprint density at radius 2 is 1.79 bits per heavy atom. The van der Waals surface area contributed by atoms with Crippen molar-refractivity contribution in [3.8, 4) is 0 Å². The molecule has 1 rings (SSSR count). The molecule has 0 aliphatic carbocycles. The maximum Gasteiger partial charge on any atom is 0.239 e. The average Bonchev–Trinajstić information content (AvgIpc) is 2.36. The van der Waals surface area contributed by atoms with Crippen LogP contribution in [0.15, 0.2) is 24.3 Å². The molecule has 1 unspecified atom stereocenters. The third-order valence-corrected chi connectivity index (χ3v) is 3.58. The summed E-state index contributed by atoms with van der Waals surface area (Å²) in [7, 11) is 1.79. The van der Waals surface area contributed by atoms with Gasteiger partial charge in [0.15, 0.2) is 0 Å². The molecule has 0 saturated carbocycles. The fourth-order valence-electron chi connectivity index (χ4n) is 2.03. The standard InChI is InChI=1S/C15H23ClN2O/c1-10(2)9-14(17)15(19)18(4)11(3)12-5-7-13(16)8-6-12/h5-8,10-11,14H,9,17H2,1-4H3/t11?,14-/m0/s1. The lowest BCUT2D eigenvalue weighted by Crippen LogP contribution is -2.43. The first-order chi connectivity index (χ1) is 8.82. The van der Waals surface area contributed by atoms with Crippen LogP contribution in [0.3, 0.4) is 0 Å². The van der Waals surface area contributed by atoms with Gasteiger partial charge in [-0.3, -0.25) is 4.79 Å². The molecule has 106 valence electrons. The molecule has 0 aliphatic rings. The molecule has 0 heterocycles. The van der Waals surface area contributed by atoms with E-state index < -0.39 is 6.04 Å². The van der Waals surface area contributed by atoms with Crippen molar-refractivity contribution in [3.63, 3.8) is 0 Å². The Labute approximate surface area is 120 Å². The Kier molecular flexibility index (Phi) is 5.83. The summed E-state index contributed by atoms with van der Waals surface area (Å²) in [6, 6.07) is 7.09. The molecule has 2 N–H and O–H groups in total. The smallest absolute Gasteiger partial charge is 0.239 e. The van der Waals surface area contributed by atoms with E-state index in [-0.39, 0.29) is 11.9 Å². The van der Waals surface area contributed by atoms with Crippen molar-refractivity contribution in [2.24, 2.45) is 11.7 Å². The molecule has 4 heteroatoms. The summed E-state index contributed by atoms with van der Waals surface area (Å²) in [4.78, 5) is 13.9. The molecule has 0 radical (unpaired) electrons. The molecular weight excluding hydrogens is 260 g/mol. The Morgan fingerprint density at radius 3 is 2.26 bits per heavy atom. The fourth-order valence-corrected chi connectivity index (χ4v) is 2.15. The van der Waals surface area contributed by atoms with E-state index in [1.807, 2.05) is 31.2 Å². The van der Waals surface area contributed by atoms with Gasteiger partial charge < -0.3 is 10.6 Å². The number of halogens is 1. The molecule has 0 spiro atoms. The summed E-state index contributed by atoms with van der Waals surface area (Å²) < 4.78 is 0. The minimum absolute atomic E-state index is 0.0111. The number of likely N-dealkylation sites (N-methyl/N-ethyl adjacent to an activating group) is 1. The van der Waals surface area contributed by atoms with Crippen LogP contribution < -0.4 is 5.73 Å². The highest BCUT2D eigenvalue weighted by Crippen LogP contribution is 2.21. The Morgan fingerprint density at radius 1 is 1.26 bits per heavy atom. The van der Waals surface area contributed by atoms with Crippen molar-refractivity contribution in [2.45, 2.75) is 39.3 Å². The summed E-state index contributed by atoms with van der Waals surface area (Å²) >= 11 is 5.87. The maximum atomic E-state index is 12.2. The third kappa shape index (κ3) is 4.51. The van der Waals surface area contributed by atoms with Crippen LogP contribution in [0.5, 0.6) is 0 Å². The molecule has 0 aliphatic heterocycles. The van der Waals surface area contributed by atoms with E-state index in [1.54, 1.807) is 11.9 Å². The molecule has 19 heavy (non-hydrogen) atoms. The lowest BCUT2D eigenvalue weighted by molar-refractivity contribution is -0.133. The summed E-state index contributed by atoms with van der Waals surface area (Å²) in [5.41, 5.74) is 7.00. The van der Waals surface area contributed by atoms with Crippen LogP contribution in [0.25, 0.3) is 0 Å². The highest BCUT2D eigenvalue weighted by molar-refractivity contribution is 6.30. The number of hydrogen-bond donors (Lipinski definition) is 1. The van der Waals surface area contributed by atoms with Gasteiger partial charge in [-0.25, -0.2) is 0 Å². The second-order valence-electron chi connectivity index (χ2n) is 5.41. The van der Waals surface area contributed by atoms with Gasteiger partial charge in [0.25, 0.3) is 0 Å². The second-order valence-corrected chi connectivity index (χ2v) is 5.85. The average molecular weight is 283 g/mol. The maximum absolute atomic E-state index is 12.2. The van der Waals surface area contributed by atoms with E-state index >= 15 is 0 Å². The van der Waals surface area contributed by atoms with Gasteiger partial charge in [-0.05, 0) is 37.0 Å². The molecule has 0 aromatic heterocycles. The van der Waals surface area contributed by atoms with Crippen LogP contribution in [0, 0.1) is 5.92 Å². The molecule has 1 aromatic carbocycles. The van der Waals surface area contributed by atoms with Crippen LogP contribution >= 0.6 is 11.6 Å². The third-order valence-electron chi connectivity index (χ3n) is 3.32. The lowest BCUT2D eigenvalue weighted by Gasteiger charge is -2.28. The largest absolute Gasteiger partial charge is 0.338 e. The number of benzene rings is 1. The number of carbonyl (C=O) groups excluding carboxylic acids is 1. The Hall–Kier alpha value is -1.06. The molecule has 2 atom stereocenters. The van der Waals surface area contributed by atoms with Crippen LogP contribution in [0.4, 0.5) is 0 Å². The van der Waals surface area contributed by atoms with Gasteiger partial charge in [0, 0.05) is 12.1 Å². The van der Waals surface area contributed by atoms with Crippen molar-refractivity contribution >= 4 is 17.5 Å². The zero-order valence-electron chi connectivity index (χ0n) is 12.1. The highest BCUT2D eigenvalue weighted by atomic mass is 35.5. The molecule has 0 bridgehead atoms. The minimum Gasteiger partial charge on any atom is -0.338 e. The zero-order chi connectivity index (χ0) is 14.6. The van der Waals surface area contributed by atoms with Crippen LogP contribution in [0.1, 0.15) is 38.8 Å². The van der Waals surface area contributed by atoms with Crippen molar-refractivity contribution < 1.29 is 4.79 Å². The first-order valence-corrected chi connectivity index (χ1v) is 6.98. The predicted molar refractivity (Wildman–Crippen MR) is 80.1 cm³/mol. The highest BCUT2D eigenvalue weighted by Gasteiger charge is 2.23. The summed E-state index contributed by atoms with van der Waals surface area (Å²) in [5.74, 6) is 0.398. The SMILES string of the molecule is CC(C)C[C@H](N)C(=O)N(C)C(C)c1ccc(Cl)cc1. The van der Waals surface area contributed by atoms with Gasteiger partial charge in [-0.2, -0.15) is 0 Å². The van der Waals surface area contributed by atoms with Crippen molar-refractivity contribution in [3.05, 3.63) is 34.9 Å². The fraction of sp³-hybridized carbons (Fsp3) is 0.533. The van der Waals surface area contributed by atoms with Crippen LogP contribution in [-0.4, -0.2) is 23.9 Å². The Balaban J connectivity index is 2.73. The topological polar surface area (TPSA) is 46.3 Å². The van der Waals surface area contributed by atoms with Gasteiger partial charge in [0.2, 0.25) is 5.91 Å². The monoisotopic (exact) mass is 282 g/mol. The van der Waals surface area contributed by atoms with Crippen molar-refractivity contribution in [1.82, 2.24) is 4.90 Å². The van der Waals surface area contributed by atoms with E-state index in [0.29, 0.717) is 17.4 Å². The van der Waals surface area contributed by atoms with Gasteiger partial charge in [-0.1, -0.05) is 37.6 Å². The summed E-state index contributed by atoms with van der Waals surface area (Å²) in [6.45, 7) is 6.12. The normalized spacial score (nSPS) is 14.3. The second kappa shape index (κ2) is 6.92. The number of rotatable bonds is 5. The van der Waals surface area contributed by atoms with Crippen molar-refractivity contribution in [2.75, 3.05) is 7.05 Å². The molecule has 0 fully saturated rings. The molecule has 3 nitrogen and oxygen atoms in total. The molecule has 1 amide bonds. The van der Waals surface area contributed by atoms with Gasteiger partial charge in [0.05, 0.1) is 12.1 Å². The predicted octanol–water partition coefficient (Wildman–Crippen LogP) is 3.23. The molecule has 1 aromatic rings. The van der Waals surface area contributed by atoms with Gasteiger partial charge >= 0.3 is 0 Å². The first-order valence-electron chi connectivity index (χ1n) is 6.60. The number of hydrogen-bond acceptors (Lipinski definition) is 2. The number of amides is 1. The zero-order valence-corrected chi connectivity index (χ0v) is 12.8. The Bertz CT molecular complexity index is 417. The lowest BCUT2D eigenvalue weighted by atomic mass is 10.0.